The highest BCUT2D eigenvalue weighted by Gasteiger charge is 2.78. The highest BCUT2D eigenvalue weighted by atomic mass is 16.5. The van der Waals surface area contributed by atoms with E-state index in [1.54, 1.807) is 0 Å². The molecule has 0 saturated heterocycles. The summed E-state index contributed by atoms with van der Waals surface area (Å²) in [5, 5.41) is 0. The van der Waals surface area contributed by atoms with Crippen LogP contribution < -0.4 is 0 Å². The van der Waals surface area contributed by atoms with Crippen LogP contribution in [0.5, 0.6) is 0 Å². The topological polar surface area (TPSA) is 52.6 Å². The van der Waals surface area contributed by atoms with Crippen LogP contribution in [0.3, 0.4) is 0 Å². The number of hydrogen-bond acceptors (Lipinski definition) is 4. The van der Waals surface area contributed by atoms with Gasteiger partial charge in [0.05, 0.1) is 26.1 Å². The molecule has 0 aliphatic heterocycles. The molecule has 0 aromatic carbocycles. The fraction of sp³-hybridized carbons (Fsp3) is 0.789. The molecule has 2 bridgehead atoms. The van der Waals surface area contributed by atoms with Gasteiger partial charge in [-0.2, -0.15) is 0 Å². The summed E-state index contributed by atoms with van der Waals surface area (Å²) in [4.78, 5) is 25.3. The average Bonchev–Trinajstić information content (AvgIpc) is 2.77. The first-order chi connectivity index (χ1) is 10.7. The summed E-state index contributed by atoms with van der Waals surface area (Å²) in [7, 11) is 2.83. The number of allylic oxidation sites excluding steroid dienone is 2. The summed E-state index contributed by atoms with van der Waals surface area (Å²) in [5.74, 6) is -0.834. The number of hydrogen-bond donors (Lipinski definition) is 0. The first-order valence-electron chi connectivity index (χ1n) is 8.55. The van der Waals surface area contributed by atoms with Gasteiger partial charge in [-0.25, -0.2) is 0 Å². The molecule has 0 aromatic heterocycles. The van der Waals surface area contributed by atoms with Crippen LogP contribution in [0.25, 0.3) is 0 Å². The summed E-state index contributed by atoms with van der Waals surface area (Å²) < 4.78 is 10.2. The van der Waals surface area contributed by atoms with Gasteiger partial charge in [0.2, 0.25) is 0 Å². The van der Waals surface area contributed by atoms with E-state index in [0.717, 1.165) is 19.3 Å². The van der Waals surface area contributed by atoms with Crippen LogP contribution in [0, 0.1) is 34.0 Å². The second kappa shape index (κ2) is 4.84. The van der Waals surface area contributed by atoms with E-state index < -0.39 is 11.8 Å². The Morgan fingerprint density at radius 3 is 2.22 bits per heavy atom. The van der Waals surface area contributed by atoms with Crippen LogP contribution in [0.2, 0.25) is 0 Å². The lowest BCUT2D eigenvalue weighted by Gasteiger charge is -2.48. The Labute approximate surface area is 138 Å². The van der Waals surface area contributed by atoms with E-state index in [1.807, 2.05) is 0 Å². The predicted molar refractivity (Wildman–Crippen MR) is 86.4 cm³/mol. The molecule has 0 amide bonds. The summed E-state index contributed by atoms with van der Waals surface area (Å²) in [6.07, 6.45) is 5.33. The molecule has 2 saturated carbocycles. The van der Waals surface area contributed by atoms with Crippen LogP contribution >= 0.6 is 0 Å². The summed E-state index contributed by atoms with van der Waals surface area (Å²) in [5.41, 5.74) is 0.533. The van der Waals surface area contributed by atoms with Gasteiger partial charge >= 0.3 is 11.9 Å². The lowest BCUT2D eigenvalue weighted by Crippen LogP contribution is -2.46. The molecule has 0 radical (unpaired) electrons. The third-order valence-corrected chi connectivity index (χ3v) is 7.53. The van der Waals surface area contributed by atoms with Crippen LogP contribution in [-0.2, 0) is 19.1 Å². The van der Waals surface area contributed by atoms with Crippen LogP contribution in [0.4, 0.5) is 0 Å². The normalized spacial score (nSPS) is 43.6. The van der Waals surface area contributed by atoms with Crippen molar-refractivity contribution in [1.82, 2.24) is 0 Å². The fourth-order valence-corrected chi connectivity index (χ4v) is 6.04. The second-order valence-electron chi connectivity index (χ2n) is 8.40. The molecule has 4 heteroatoms. The van der Waals surface area contributed by atoms with Crippen molar-refractivity contribution in [3.05, 3.63) is 11.6 Å². The zero-order valence-electron chi connectivity index (χ0n) is 15.1. The van der Waals surface area contributed by atoms with Crippen LogP contribution in [0.15, 0.2) is 11.6 Å². The lowest BCUT2D eigenvalue weighted by atomic mass is 9.54. The zero-order valence-corrected chi connectivity index (χ0v) is 15.1. The minimum atomic E-state index is -0.466. The zero-order chi connectivity index (χ0) is 17.2. The first kappa shape index (κ1) is 16.5. The maximum Gasteiger partial charge on any atom is 0.310 e. The van der Waals surface area contributed by atoms with Gasteiger partial charge in [-0.3, -0.25) is 9.59 Å². The Morgan fingerprint density at radius 1 is 1.09 bits per heavy atom. The summed E-state index contributed by atoms with van der Waals surface area (Å²) in [6, 6.07) is 0. The molecule has 4 nitrogen and oxygen atoms in total. The molecule has 3 aliphatic carbocycles. The SMILES string of the molecule is COC(=O)[C@@H]1[C@H](C(=O)OC)[C@@]2(C)C=C3C[C@H](C)CC[C@@]31C2(C)C. The number of ether oxygens (including phenoxy) is 2. The van der Waals surface area contributed by atoms with Gasteiger partial charge in [0, 0.05) is 10.8 Å². The number of esters is 2. The molecule has 5 atom stereocenters. The molecule has 1 spiro atoms. The van der Waals surface area contributed by atoms with Gasteiger partial charge in [-0.15, -0.1) is 0 Å². The van der Waals surface area contributed by atoms with Gasteiger partial charge in [0.1, 0.15) is 0 Å². The number of rotatable bonds is 2. The molecule has 3 aliphatic rings. The Morgan fingerprint density at radius 2 is 1.65 bits per heavy atom. The Balaban J connectivity index is 2.24. The lowest BCUT2D eigenvalue weighted by molar-refractivity contribution is -0.162. The number of carbonyl (C=O) groups is 2. The van der Waals surface area contributed by atoms with Gasteiger partial charge in [0.25, 0.3) is 0 Å². The molecule has 2 fully saturated rings. The van der Waals surface area contributed by atoms with E-state index in [1.165, 1.54) is 19.8 Å². The minimum Gasteiger partial charge on any atom is -0.469 e. The summed E-state index contributed by atoms with van der Waals surface area (Å²) >= 11 is 0. The van der Waals surface area contributed by atoms with Crippen LogP contribution in [-0.4, -0.2) is 26.2 Å². The Kier molecular flexibility index (Phi) is 3.48. The van der Waals surface area contributed by atoms with Crippen molar-refractivity contribution in [2.24, 2.45) is 34.0 Å². The maximum absolute atomic E-state index is 12.7. The molecular formula is C19H28O4. The fourth-order valence-electron chi connectivity index (χ4n) is 6.04. The maximum atomic E-state index is 12.7. The summed E-state index contributed by atoms with van der Waals surface area (Å²) in [6.45, 7) is 8.81. The van der Waals surface area contributed by atoms with E-state index in [0.29, 0.717) is 5.92 Å². The molecule has 0 N–H and O–H groups in total. The van der Waals surface area contributed by atoms with E-state index in [9.17, 15) is 9.59 Å². The Bertz CT molecular complexity index is 590. The number of methoxy groups -OCH3 is 2. The van der Waals surface area contributed by atoms with Gasteiger partial charge in [-0.05, 0) is 30.6 Å². The monoisotopic (exact) mass is 320 g/mol. The van der Waals surface area contributed by atoms with E-state index in [-0.39, 0.29) is 28.2 Å². The smallest absolute Gasteiger partial charge is 0.310 e. The molecule has 3 rings (SSSR count). The highest BCUT2D eigenvalue weighted by molar-refractivity contribution is 5.87. The van der Waals surface area contributed by atoms with E-state index in [4.69, 9.17) is 9.47 Å². The van der Waals surface area contributed by atoms with Crippen LogP contribution in [0.1, 0.15) is 47.0 Å². The van der Waals surface area contributed by atoms with Crippen molar-refractivity contribution in [2.75, 3.05) is 14.2 Å². The Hall–Kier alpha value is -1.32. The third kappa shape index (κ3) is 1.67. The number of fused-ring (bicyclic) bond motifs is 1. The first-order valence-corrected chi connectivity index (χ1v) is 8.55. The van der Waals surface area contributed by atoms with E-state index in [2.05, 4.69) is 33.8 Å². The highest BCUT2D eigenvalue weighted by Crippen LogP contribution is 2.79. The standard InChI is InChI=1S/C19H28O4/c1-11-7-8-19-12(9-11)10-18(4,17(19,2)3)13(15(20)22-5)14(19)16(21)23-6/h10-11,13-14H,7-9H2,1-6H3/t11-,13-,14+,18-,19-/m1/s1. The van der Waals surface area contributed by atoms with Gasteiger partial charge in [-0.1, -0.05) is 39.3 Å². The molecule has 0 heterocycles. The molecule has 0 unspecified atom stereocenters. The van der Waals surface area contributed by atoms with Crippen molar-refractivity contribution in [2.45, 2.75) is 47.0 Å². The predicted octanol–water partition coefficient (Wildman–Crippen LogP) is 3.36. The van der Waals surface area contributed by atoms with Crippen molar-refractivity contribution in [3.8, 4) is 0 Å². The van der Waals surface area contributed by atoms with E-state index >= 15 is 0 Å². The van der Waals surface area contributed by atoms with Crippen molar-refractivity contribution < 1.29 is 19.1 Å². The quantitative estimate of drug-likeness (QED) is 0.578. The number of carbonyl (C=O) groups excluding carboxylic acids is 2. The molecule has 0 aromatic rings. The molecular weight excluding hydrogens is 292 g/mol. The molecule has 128 valence electrons. The van der Waals surface area contributed by atoms with Crippen molar-refractivity contribution in [1.29, 1.82) is 0 Å². The van der Waals surface area contributed by atoms with Gasteiger partial charge < -0.3 is 9.47 Å². The minimum absolute atomic E-state index is 0.173. The van der Waals surface area contributed by atoms with Crippen molar-refractivity contribution in [3.63, 3.8) is 0 Å². The average molecular weight is 320 g/mol. The second-order valence-corrected chi connectivity index (χ2v) is 8.40. The molecule has 23 heavy (non-hydrogen) atoms. The van der Waals surface area contributed by atoms with Crippen molar-refractivity contribution >= 4 is 11.9 Å². The third-order valence-electron chi connectivity index (χ3n) is 7.53. The van der Waals surface area contributed by atoms with Gasteiger partial charge in [0.15, 0.2) is 0 Å². The largest absolute Gasteiger partial charge is 0.469 e.